The summed E-state index contributed by atoms with van der Waals surface area (Å²) in [6, 6.07) is 6.07. The third-order valence-corrected chi connectivity index (χ3v) is 3.74. The standard InChI is InChI=1S/C14H10N5/c1-3-10-11(15-4-1)7-19-12(10)8-17-9-13-16-5-2-6-18(13)14(17)19/h1-6,8-9H,7H2/q+1. The lowest BCUT2D eigenvalue weighted by molar-refractivity contribution is -0.508. The van der Waals surface area contributed by atoms with Gasteiger partial charge in [0.2, 0.25) is 5.65 Å². The lowest BCUT2D eigenvalue weighted by Crippen LogP contribution is -2.16. The van der Waals surface area contributed by atoms with Gasteiger partial charge in [-0.1, -0.05) is 0 Å². The van der Waals surface area contributed by atoms with Gasteiger partial charge in [0.1, 0.15) is 24.6 Å². The van der Waals surface area contributed by atoms with Gasteiger partial charge in [0.05, 0.1) is 11.9 Å². The van der Waals surface area contributed by atoms with Gasteiger partial charge in [-0.3, -0.25) is 4.98 Å². The van der Waals surface area contributed by atoms with Crippen molar-refractivity contribution in [3.8, 4) is 11.3 Å². The van der Waals surface area contributed by atoms with Crippen molar-refractivity contribution < 1.29 is 4.40 Å². The first-order valence-electron chi connectivity index (χ1n) is 6.23. The van der Waals surface area contributed by atoms with Crippen molar-refractivity contribution >= 4 is 11.4 Å². The molecule has 0 unspecified atom stereocenters. The Morgan fingerprint density at radius 1 is 1.11 bits per heavy atom. The topological polar surface area (TPSA) is 39.2 Å². The molecule has 0 radical (unpaired) electrons. The van der Waals surface area contributed by atoms with Crippen LogP contribution in [-0.4, -0.2) is 18.9 Å². The smallest absolute Gasteiger partial charge is 0.257 e. The Kier molecular flexibility index (Phi) is 1.46. The summed E-state index contributed by atoms with van der Waals surface area (Å²) in [5.41, 5.74) is 4.54. The Morgan fingerprint density at radius 2 is 2.05 bits per heavy atom. The molecule has 0 spiro atoms. The molecule has 0 saturated heterocycles. The Balaban J connectivity index is 1.94. The molecule has 0 bridgehead atoms. The maximum atomic E-state index is 4.46. The van der Waals surface area contributed by atoms with Crippen LogP contribution in [-0.2, 0) is 6.54 Å². The van der Waals surface area contributed by atoms with Gasteiger partial charge in [0.25, 0.3) is 0 Å². The van der Waals surface area contributed by atoms with Crippen LogP contribution in [0.15, 0.2) is 49.2 Å². The van der Waals surface area contributed by atoms with Gasteiger partial charge in [-0.25, -0.2) is 14.0 Å². The van der Waals surface area contributed by atoms with Crippen molar-refractivity contribution in [2.45, 2.75) is 6.54 Å². The number of hydrogen-bond acceptors (Lipinski definition) is 2. The van der Waals surface area contributed by atoms with Crippen molar-refractivity contribution in [1.29, 1.82) is 0 Å². The third kappa shape index (κ3) is 1.03. The average molecular weight is 248 g/mol. The van der Waals surface area contributed by atoms with Crippen LogP contribution in [0.25, 0.3) is 22.7 Å². The van der Waals surface area contributed by atoms with Crippen LogP contribution in [0.3, 0.4) is 0 Å². The van der Waals surface area contributed by atoms with E-state index in [4.69, 9.17) is 0 Å². The highest BCUT2D eigenvalue weighted by Gasteiger charge is 2.30. The number of rotatable bonds is 0. The van der Waals surface area contributed by atoms with Crippen molar-refractivity contribution in [3.63, 3.8) is 0 Å². The number of hydrogen-bond donors (Lipinski definition) is 0. The summed E-state index contributed by atoms with van der Waals surface area (Å²) in [5, 5.41) is 0. The summed E-state index contributed by atoms with van der Waals surface area (Å²) in [5.74, 6) is 1.12. The van der Waals surface area contributed by atoms with E-state index in [1.165, 1.54) is 11.3 Å². The molecule has 90 valence electrons. The van der Waals surface area contributed by atoms with Crippen LogP contribution in [0, 0.1) is 0 Å². The minimum atomic E-state index is 0.822. The second kappa shape index (κ2) is 3.00. The fourth-order valence-corrected chi connectivity index (χ4v) is 2.95. The van der Waals surface area contributed by atoms with E-state index in [2.05, 4.69) is 41.8 Å². The molecular weight excluding hydrogens is 238 g/mol. The van der Waals surface area contributed by atoms with Crippen LogP contribution >= 0.6 is 0 Å². The molecular formula is C14H10N5+. The zero-order valence-electron chi connectivity index (χ0n) is 10.1. The van der Waals surface area contributed by atoms with E-state index in [0.29, 0.717) is 0 Å². The molecule has 0 aromatic carbocycles. The summed E-state index contributed by atoms with van der Waals surface area (Å²) in [4.78, 5) is 8.84. The highest BCUT2D eigenvalue weighted by Crippen LogP contribution is 2.30. The van der Waals surface area contributed by atoms with Crippen LogP contribution in [0.2, 0.25) is 0 Å². The first kappa shape index (κ1) is 9.27. The molecule has 0 N–H and O–H groups in total. The van der Waals surface area contributed by atoms with Gasteiger partial charge in [-0.2, -0.15) is 4.40 Å². The summed E-state index contributed by atoms with van der Waals surface area (Å²) in [6.45, 7) is 0.822. The van der Waals surface area contributed by atoms with Crippen molar-refractivity contribution in [2.24, 2.45) is 0 Å². The first-order valence-corrected chi connectivity index (χ1v) is 6.23. The van der Waals surface area contributed by atoms with Crippen LogP contribution in [0.1, 0.15) is 5.69 Å². The van der Waals surface area contributed by atoms with Gasteiger partial charge in [-0.15, -0.1) is 0 Å². The fraction of sp³-hybridized carbons (Fsp3) is 0.0714. The highest BCUT2D eigenvalue weighted by atomic mass is 15.3. The molecule has 5 rings (SSSR count). The summed E-state index contributed by atoms with van der Waals surface area (Å²) in [6.07, 6.45) is 9.92. The molecule has 5 heteroatoms. The minimum absolute atomic E-state index is 0.822. The maximum absolute atomic E-state index is 4.46. The second-order valence-corrected chi connectivity index (χ2v) is 4.78. The third-order valence-electron chi connectivity index (χ3n) is 3.74. The molecule has 1 aliphatic rings. The van der Waals surface area contributed by atoms with Crippen LogP contribution in [0.5, 0.6) is 0 Å². The summed E-state index contributed by atoms with van der Waals surface area (Å²) >= 11 is 0. The normalized spacial score (nSPS) is 13.1. The van der Waals surface area contributed by atoms with Crippen LogP contribution < -0.4 is 4.40 Å². The minimum Gasteiger partial charge on any atom is -0.257 e. The zero-order chi connectivity index (χ0) is 12.4. The molecule has 0 atom stereocenters. The summed E-state index contributed by atoms with van der Waals surface area (Å²) in [7, 11) is 0. The molecule has 5 nitrogen and oxygen atoms in total. The van der Waals surface area contributed by atoms with E-state index >= 15 is 0 Å². The lowest BCUT2D eigenvalue weighted by Gasteiger charge is -1.92. The van der Waals surface area contributed by atoms with E-state index in [0.717, 1.165) is 23.7 Å². The molecule has 0 saturated carbocycles. The summed E-state index contributed by atoms with van der Waals surface area (Å²) < 4.78 is 6.52. The predicted molar refractivity (Wildman–Crippen MR) is 68.7 cm³/mol. The second-order valence-electron chi connectivity index (χ2n) is 4.78. The van der Waals surface area contributed by atoms with Crippen molar-refractivity contribution in [2.75, 3.05) is 0 Å². The van der Waals surface area contributed by atoms with Crippen molar-refractivity contribution in [1.82, 2.24) is 18.9 Å². The molecule has 0 fully saturated rings. The molecule has 0 amide bonds. The number of nitrogens with zero attached hydrogens (tertiary/aromatic N) is 5. The van der Waals surface area contributed by atoms with Gasteiger partial charge < -0.3 is 0 Å². The van der Waals surface area contributed by atoms with E-state index in [1.54, 1.807) is 0 Å². The number of imidazole rings is 2. The molecule has 19 heavy (non-hydrogen) atoms. The fourth-order valence-electron chi connectivity index (χ4n) is 2.95. The number of fused-ring (bicyclic) bond motifs is 7. The van der Waals surface area contributed by atoms with Gasteiger partial charge in [-0.05, 0) is 18.2 Å². The number of aromatic nitrogens is 5. The molecule has 4 aromatic rings. The van der Waals surface area contributed by atoms with Crippen molar-refractivity contribution in [3.05, 3.63) is 54.9 Å². The van der Waals surface area contributed by atoms with Gasteiger partial charge in [0, 0.05) is 18.0 Å². The van der Waals surface area contributed by atoms with Crippen LogP contribution in [0.4, 0.5) is 0 Å². The Labute approximate surface area is 108 Å². The molecule has 4 aromatic heterocycles. The largest absolute Gasteiger partial charge is 0.376 e. The Morgan fingerprint density at radius 3 is 3.05 bits per heavy atom. The molecule has 5 heterocycles. The first-order chi connectivity index (χ1) is 9.42. The SMILES string of the molecule is c1cnc2c(c1)-c1c[n+]3cc4ncccn4c3n1C2. The Hall–Kier alpha value is -2.69. The molecule has 1 aliphatic heterocycles. The van der Waals surface area contributed by atoms with E-state index < -0.39 is 0 Å². The van der Waals surface area contributed by atoms with E-state index in [1.807, 2.05) is 30.7 Å². The van der Waals surface area contributed by atoms with E-state index in [-0.39, 0.29) is 0 Å². The lowest BCUT2D eigenvalue weighted by atomic mass is 10.2. The maximum Gasteiger partial charge on any atom is 0.376 e. The molecule has 0 aliphatic carbocycles. The zero-order valence-corrected chi connectivity index (χ0v) is 10.1. The quantitative estimate of drug-likeness (QED) is 0.387. The van der Waals surface area contributed by atoms with E-state index in [9.17, 15) is 0 Å². The van der Waals surface area contributed by atoms with Gasteiger partial charge >= 0.3 is 5.78 Å². The average Bonchev–Trinajstić information content (AvgIpc) is 3.05. The predicted octanol–water partition coefficient (Wildman–Crippen LogP) is 1.30. The Bertz CT molecular complexity index is 947. The highest BCUT2D eigenvalue weighted by molar-refractivity contribution is 5.67. The monoisotopic (exact) mass is 248 g/mol. The van der Waals surface area contributed by atoms with Gasteiger partial charge in [0.15, 0.2) is 0 Å². The number of pyridine rings is 1.